The Morgan fingerprint density at radius 3 is 2.86 bits per heavy atom. The molecule has 0 saturated carbocycles. The first-order valence-corrected chi connectivity index (χ1v) is 7.18. The molecule has 0 aliphatic rings. The van der Waals surface area contributed by atoms with Crippen molar-refractivity contribution in [3.05, 3.63) is 52.9 Å². The average Bonchev–Trinajstić information content (AvgIpc) is 2.52. The van der Waals surface area contributed by atoms with Gasteiger partial charge in [-0.1, -0.05) is 0 Å². The molecule has 1 N–H and O–H groups in total. The predicted molar refractivity (Wildman–Crippen MR) is 85.4 cm³/mol. The summed E-state index contributed by atoms with van der Waals surface area (Å²) in [5.74, 6) is 0.607. The predicted octanol–water partition coefficient (Wildman–Crippen LogP) is 3.41. The summed E-state index contributed by atoms with van der Waals surface area (Å²) in [6.07, 6.45) is 5.27. The second-order valence-electron chi connectivity index (χ2n) is 4.44. The van der Waals surface area contributed by atoms with Crippen LogP contribution < -0.4 is 10.1 Å². The zero-order chi connectivity index (χ0) is 14.7. The van der Waals surface area contributed by atoms with Crippen LogP contribution in [-0.2, 0) is 6.54 Å². The van der Waals surface area contributed by atoms with Gasteiger partial charge in [-0.25, -0.2) is 4.98 Å². The number of ether oxygens (including phenoxy) is 1. The molecule has 5 nitrogen and oxygen atoms in total. The van der Waals surface area contributed by atoms with Crippen molar-refractivity contribution < 1.29 is 4.74 Å². The van der Waals surface area contributed by atoms with Gasteiger partial charge in [0.25, 0.3) is 0 Å². The van der Waals surface area contributed by atoms with Crippen LogP contribution in [0.1, 0.15) is 5.56 Å². The van der Waals surface area contributed by atoms with Gasteiger partial charge >= 0.3 is 0 Å². The van der Waals surface area contributed by atoms with Crippen LogP contribution in [-0.4, -0.2) is 22.1 Å². The molecule has 0 amide bonds. The number of hydrogen-bond donors (Lipinski definition) is 1. The summed E-state index contributed by atoms with van der Waals surface area (Å²) in [5, 5.41) is 3.37. The van der Waals surface area contributed by atoms with Crippen molar-refractivity contribution in [3.8, 4) is 5.88 Å². The van der Waals surface area contributed by atoms with Gasteiger partial charge in [-0.05, 0) is 39.7 Å². The largest absolute Gasteiger partial charge is 0.481 e. The van der Waals surface area contributed by atoms with E-state index in [4.69, 9.17) is 4.74 Å². The van der Waals surface area contributed by atoms with Crippen LogP contribution in [0.2, 0.25) is 0 Å². The van der Waals surface area contributed by atoms with Crippen LogP contribution in [0.3, 0.4) is 0 Å². The Bertz CT molecular complexity index is 778. The topological polar surface area (TPSA) is 59.9 Å². The van der Waals surface area contributed by atoms with E-state index in [1.165, 1.54) is 0 Å². The van der Waals surface area contributed by atoms with E-state index in [1.807, 2.05) is 24.3 Å². The Kier molecular flexibility index (Phi) is 3.96. The molecule has 0 saturated heterocycles. The lowest BCUT2D eigenvalue weighted by molar-refractivity contribution is 0.397. The van der Waals surface area contributed by atoms with Crippen molar-refractivity contribution in [1.29, 1.82) is 0 Å². The lowest BCUT2D eigenvalue weighted by atomic mass is 10.2. The van der Waals surface area contributed by atoms with Crippen molar-refractivity contribution in [2.45, 2.75) is 6.54 Å². The lowest BCUT2D eigenvalue weighted by Crippen LogP contribution is -2.02. The Morgan fingerprint density at radius 1 is 1.14 bits per heavy atom. The molecule has 0 bridgehead atoms. The van der Waals surface area contributed by atoms with E-state index < -0.39 is 0 Å². The molecule has 0 unspecified atom stereocenters. The number of nitrogens with one attached hydrogen (secondary N) is 1. The molecular weight excluding hydrogens is 332 g/mol. The Hall–Kier alpha value is -2.21. The highest BCUT2D eigenvalue weighted by Crippen LogP contribution is 2.22. The number of aromatic nitrogens is 3. The molecule has 0 aliphatic carbocycles. The normalized spacial score (nSPS) is 10.6. The van der Waals surface area contributed by atoms with Gasteiger partial charge in [-0.15, -0.1) is 0 Å². The van der Waals surface area contributed by atoms with Gasteiger partial charge in [-0.3, -0.25) is 9.97 Å². The van der Waals surface area contributed by atoms with Crippen molar-refractivity contribution in [2.24, 2.45) is 0 Å². The Labute approximate surface area is 130 Å². The van der Waals surface area contributed by atoms with Gasteiger partial charge in [0.2, 0.25) is 5.88 Å². The molecule has 3 rings (SSSR count). The Balaban J connectivity index is 1.84. The second-order valence-corrected chi connectivity index (χ2v) is 5.36. The minimum absolute atomic E-state index is 0.607. The molecule has 21 heavy (non-hydrogen) atoms. The maximum absolute atomic E-state index is 5.12. The van der Waals surface area contributed by atoms with Crippen LogP contribution in [0.5, 0.6) is 5.88 Å². The highest BCUT2D eigenvalue weighted by molar-refractivity contribution is 9.10. The summed E-state index contributed by atoms with van der Waals surface area (Å²) >= 11 is 3.40. The highest BCUT2D eigenvalue weighted by atomic mass is 79.9. The zero-order valence-electron chi connectivity index (χ0n) is 11.4. The third-order valence-electron chi connectivity index (χ3n) is 3.04. The summed E-state index contributed by atoms with van der Waals surface area (Å²) < 4.78 is 6.04. The molecular formula is C15H13BrN4O. The molecule has 3 heterocycles. The van der Waals surface area contributed by atoms with Gasteiger partial charge in [0, 0.05) is 35.7 Å². The Morgan fingerprint density at radius 2 is 2.00 bits per heavy atom. The third kappa shape index (κ3) is 3.11. The summed E-state index contributed by atoms with van der Waals surface area (Å²) in [7, 11) is 1.61. The lowest BCUT2D eigenvalue weighted by Gasteiger charge is -2.09. The second kappa shape index (κ2) is 6.05. The van der Waals surface area contributed by atoms with Crippen molar-refractivity contribution in [2.75, 3.05) is 12.4 Å². The molecule has 0 atom stereocenters. The van der Waals surface area contributed by atoms with Crippen molar-refractivity contribution in [3.63, 3.8) is 0 Å². The van der Waals surface area contributed by atoms with Crippen LogP contribution in [0.25, 0.3) is 11.0 Å². The number of nitrogens with zero attached hydrogens (tertiary/aromatic N) is 3. The number of anilines is 1. The first-order chi connectivity index (χ1) is 10.3. The van der Waals surface area contributed by atoms with Gasteiger partial charge in [0.15, 0.2) is 0 Å². The standard InChI is InChI=1S/C15H13BrN4O/c1-21-14-6-10(2-4-18-14)8-19-12-3-5-17-13-7-11(16)9-20-15(12)13/h2-7,9H,8H2,1H3,(H,17,19). The summed E-state index contributed by atoms with van der Waals surface area (Å²) in [5.41, 5.74) is 3.73. The first-order valence-electron chi connectivity index (χ1n) is 6.39. The molecule has 3 aromatic rings. The molecule has 0 radical (unpaired) electrons. The van der Waals surface area contributed by atoms with Gasteiger partial charge in [0.1, 0.15) is 5.52 Å². The summed E-state index contributed by atoms with van der Waals surface area (Å²) in [6, 6.07) is 7.72. The van der Waals surface area contributed by atoms with E-state index in [0.29, 0.717) is 12.4 Å². The van der Waals surface area contributed by atoms with Crippen LogP contribution in [0.15, 0.2) is 47.3 Å². The number of fused-ring (bicyclic) bond motifs is 1. The minimum atomic E-state index is 0.607. The van der Waals surface area contributed by atoms with E-state index in [-0.39, 0.29) is 0 Å². The molecule has 106 valence electrons. The number of hydrogen-bond acceptors (Lipinski definition) is 5. The molecule has 0 aliphatic heterocycles. The SMILES string of the molecule is COc1cc(CNc2ccnc3cc(Br)cnc23)ccn1. The highest BCUT2D eigenvalue weighted by Gasteiger charge is 2.04. The summed E-state index contributed by atoms with van der Waals surface area (Å²) in [6.45, 7) is 0.662. The maximum atomic E-state index is 5.12. The quantitative estimate of drug-likeness (QED) is 0.785. The number of pyridine rings is 3. The maximum Gasteiger partial charge on any atom is 0.213 e. The molecule has 3 aromatic heterocycles. The molecule has 0 aromatic carbocycles. The number of rotatable bonds is 4. The van der Waals surface area contributed by atoms with Crippen molar-refractivity contribution >= 4 is 32.7 Å². The average molecular weight is 345 g/mol. The number of halogens is 1. The van der Waals surface area contributed by atoms with Crippen LogP contribution >= 0.6 is 15.9 Å². The van der Waals surface area contributed by atoms with Crippen LogP contribution in [0.4, 0.5) is 5.69 Å². The van der Waals surface area contributed by atoms with E-state index in [9.17, 15) is 0 Å². The fourth-order valence-corrected chi connectivity index (χ4v) is 2.34. The van der Waals surface area contributed by atoms with E-state index >= 15 is 0 Å². The van der Waals surface area contributed by atoms with Gasteiger partial charge in [0.05, 0.1) is 18.3 Å². The molecule has 6 heteroatoms. The van der Waals surface area contributed by atoms with Crippen molar-refractivity contribution in [1.82, 2.24) is 15.0 Å². The van der Waals surface area contributed by atoms with Crippen LogP contribution in [0, 0.1) is 0 Å². The zero-order valence-corrected chi connectivity index (χ0v) is 13.0. The van der Waals surface area contributed by atoms with Gasteiger partial charge < -0.3 is 10.1 Å². The number of methoxy groups -OCH3 is 1. The monoisotopic (exact) mass is 344 g/mol. The molecule has 0 fully saturated rings. The van der Waals surface area contributed by atoms with Gasteiger partial charge in [-0.2, -0.15) is 0 Å². The molecule has 0 spiro atoms. The van der Waals surface area contributed by atoms with E-state index in [1.54, 1.807) is 25.7 Å². The first kappa shape index (κ1) is 13.8. The minimum Gasteiger partial charge on any atom is -0.481 e. The smallest absolute Gasteiger partial charge is 0.213 e. The van der Waals surface area contributed by atoms with E-state index in [2.05, 4.69) is 36.2 Å². The fourth-order valence-electron chi connectivity index (χ4n) is 2.02. The third-order valence-corrected chi connectivity index (χ3v) is 3.47. The van der Waals surface area contributed by atoms with E-state index in [0.717, 1.165) is 26.8 Å². The summed E-state index contributed by atoms with van der Waals surface area (Å²) in [4.78, 5) is 12.8. The fraction of sp³-hybridized carbons (Fsp3) is 0.133.